The minimum absolute atomic E-state index is 0.0609. The Morgan fingerprint density at radius 1 is 1.14 bits per heavy atom. The smallest absolute Gasteiger partial charge is 0.320 e. The summed E-state index contributed by atoms with van der Waals surface area (Å²) in [6, 6.07) is 6.42. The number of piperidine rings is 1. The van der Waals surface area contributed by atoms with Gasteiger partial charge in [-0.05, 0) is 44.2 Å². The molecule has 4 aromatic rings. The molecule has 0 unspecified atom stereocenters. The lowest BCUT2D eigenvalue weighted by molar-refractivity contribution is 0.136. The van der Waals surface area contributed by atoms with Crippen LogP contribution in [0, 0.1) is 11.3 Å². The van der Waals surface area contributed by atoms with Crippen molar-refractivity contribution < 1.29 is 27.1 Å². The number of rotatable bonds is 6. The fourth-order valence-electron chi connectivity index (χ4n) is 6.05. The lowest BCUT2D eigenvalue weighted by Crippen LogP contribution is -2.45. The maximum absolute atomic E-state index is 13.5. The predicted molar refractivity (Wildman–Crippen MR) is 154 cm³/mol. The zero-order chi connectivity index (χ0) is 30.8. The van der Waals surface area contributed by atoms with Gasteiger partial charge in [0.1, 0.15) is 11.9 Å². The number of aliphatic hydroxyl groups excluding tert-OH is 1. The summed E-state index contributed by atoms with van der Waals surface area (Å²) in [5, 5.41) is 27.7. The molecule has 0 radical (unpaired) electrons. The molecule has 1 aliphatic carbocycles. The molecule has 2 amide bonds. The van der Waals surface area contributed by atoms with Gasteiger partial charge < -0.3 is 14.9 Å². The van der Waals surface area contributed by atoms with Gasteiger partial charge in [-0.15, -0.1) is 10.2 Å². The second-order valence-electron chi connectivity index (χ2n) is 11.4. The number of alkyl halides is 2. The Kier molecular flexibility index (Phi) is 6.99. The van der Waals surface area contributed by atoms with Crippen molar-refractivity contribution in [2.24, 2.45) is 0 Å². The van der Waals surface area contributed by atoms with Gasteiger partial charge in [-0.3, -0.25) is 4.57 Å². The van der Waals surface area contributed by atoms with Crippen LogP contribution in [-0.2, 0) is 10.0 Å². The molecule has 7 rings (SSSR count). The Balaban J connectivity index is 1.29. The Labute approximate surface area is 254 Å². The molecule has 17 heteroatoms. The Bertz CT molecular complexity index is 1930. The summed E-state index contributed by atoms with van der Waals surface area (Å²) in [6.07, 6.45) is 0.665. The van der Waals surface area contributed by atoms with Crippen LogP contribution in [0.25, 0.3) is 27.1 Å². The van der Waals surface area contributed by atoms with Crippen molar-refractivity contribution in [1.29, 1.82) is 5.26 Å². The van der Waals surface area contributed by atoms with Crippen LogP contribution in [0.4, 0.5) is 13.6 Å². The van der Waals surface area contributed by atoms with Crippen molar-refractivity contribution in [2.75, 3.05) is 26.2 Å². The number of carbonyl (C=O) groups is 1. The summed E-state index contributed by atoms with van der Waals surface area (Å²) >= 11 is 0.678. The van der Waals surface area contributed by atoms with E-state index in [9.17, 15) is 32.4 Å². The Morgan fingerprint density at radius 2 is 1.89 bits per heavy atom. The fourth-order valence-corrected chi connectivity index (χ4v) is 8.16. The van der Waals surface area contributed by atoms with Gasteiger partial charge in [-0.2, -0.15) is 9.98 Å². The second-order valence-corrected chi connectivity index (χ2v) is 14.1. The molecule has 0 bridgehead atoms. The highest BCUT2D eigenvalue weighted by Gasteiger charge is 2.47. The van der Waals surface area contributed by atoms with E-state index in [1.165, 1.54) is 23.0 Å². The molecule has 230 valence electrons. The molecule has 2 saturated heterocycles. The van der Waals surface area contributed by atoms with E-state index in [1.807, 2.05) is 6.07 Å². The third kappa shape index (κ3) is 4.95. The van der Waals surface area contributed by atoms with E-state index >= 15 is 0 Å². The highest BCUT2D eigenvalue weighted by atomic mass is 32.2. The number of sulfonamides is 1. The van der Waals surface area contributed by atoms with Gasteiger partial charge >= 0.3 is 6.03 Å². The van der Waals surface area contributed by atoms with Gasteiger partial charge in [-0.25, -0.2) is 32.0 Å². The molecule has 44 heavy (non-hydrogen) atoms. The molecule has 3 aromatic heterocycles. The summed E-state index contributed by atoms with van der Waals surface area (Å²) in [4.78, 5) is 25.4. The lowest BCUT2D eigenvalue weighted by Gasteiger charge is -2.34. The first-order valence-corrected chi connectivity index (χ1v) is 16.5. The van der Waals surface area contributed by atoms with Gasteiger partial charge in [0, 0.05) is 42.9 Å². The largest absolute Gasteiger partial charge is 0.391 e. The van der Waals surface area contributed by atoms with Crippen molar-refractivity contribution in [3.8, 4) is 11.2 Å². The van der Waals surface area contributed by atoms with Crippen LogP contribution in [0.5, 0.6) is 0 Å². The monoisotopic (exact) mass is 643 g/mol. The number of carbonyl (C=O) groups excluding carboxylic acids is 1. The molecule has 0 spiro atoms. The van der Waals surface area contributed by atoms with E-state index in [2.05, 4.69) is 24.9 Å². The Hall–Kier alpha value is -3.85. The number of aliphatic hydroxyl groups is 1. The van der Waals surface area contributed by atoms with E-state index in [1.54, 1.807) is 15.9 Å². The standard InChI is InChI=1S/C27H27F2N9O4S2/c28-22(29)24-33-34-25(43-24)38-19-11-17(44(41,42)35-27(13-30)6-7-27)1-2-18(19)20-21(31-14-32-23(20)38)15-3-8-36(9-4-15)26(40)37-10-5-16(39)12-37/h1-2,11,14-16,22,35,39H,3-10,12H2/t16-/m1/s1. The van der Waals surface area contributed by atoms with Gasteiger partial charge in [0.15, 0.2) is 10.7 Å². The van der Waals surface area contributed by atoms with E-state index in [4.69, 9.17) is 0 Å². The first-order valence-electron chi connectivity index (χ1n) is 14.2. The summed E-state index contributed by atoms with van der Waals surface area (Å²) in [5.41, 5.74) is 0.305. The number of nitrogens with one attached hydrogen (secondary N) is 1. The van der Waals surface area contributed by atoms with Gasteiger partial charge in [0.2, 0.25) is 15.2 Å². The summed E-state index contributed by atoms with van der Waals surface area (Å²) in [5.74, 6) is -0.0609. The summed E-state index contributed by atoms with van der Waals surface area (Å²) < 4.78 is 57.6. The molecular formula is C27H27F2N9O4S2. The number of amides is 2. The first kappa shape index (κ1) is 28.9. The number of nitriles is 1. The molecule has 5 heterocycles. The molecule has 3 aliphatic rings. The molecule has 1 aromatic carbocycles. The van der Waals surface area contributed by atoms with E-state index in [0.717, 1.165) is 0 Å². The van der Waals surface area contributed by atoms with Crippen LogP contribution in [-0.4, -0.2) is 91.9 Å². The van der Waals surface area contributed by atoms with Crippen LogP contribution < -0.4 is 4.72 Å². The number of aromatic nitrogens is 5. The van der Waals surface area contributed by atoms with Gasteiger partial charge in [-0.1, -0.05) is 17.4 Å². The van der Waals surface area contributed by atoms with E-state index in [0.29, 0.717) is 97.3 Å². The number of hydrogen-bond donors (Lipinski definition) is 2. The summed E-state index contributed by atoms with van der Waals surface area (Å²) in [6.45, 7) is 1.83. The highest BCUT2D eigenvalue weighted by Crippen LogP contribution is 2.41. The third-order valence-corrected chi connectivity index (χ3v) is 11.0. The molecule has 2 aliphatic heterocycles. The summed E-state index contributed by atoms with van der Waals surface area (Å²) in [7, 11) is -4.09. The van der Waals surface area contributed by atoms with Crippen molar-refractivity contribution in [3.05, 3.63) is 35.2 Å². The molecular weight excluding hydrogens is 616 g/mol. The van der Waals surface area contributed by atoms with Crippen LogP contribution >= 0.6 is 11.3 Å². The Morgan fingerprint density at radius 3 is 2.52 bits per heavy atom. The number of urea groups is 1. The van der Waals surface area contributed by atoms with Crippen LogP contribution in [0.1, 0.15) is 55.1 Å². The average Bonchev–Trinajstić information content (AvgIpc) is 3.33. The fraction of sp³-hybridized carbons (Fsp3) is 0.481. The minimum atomic E-state index is -4.09. The number of fused-ring (bicyclic) bond motifs is 3. The van der Waals surface area contributed by atoms with Crippen molar-refractivity contribution in [2.45, 2.75) is 61.0 Å². The number of benzene rings is 1. The number of hydrogen-bond acceptors (Lipinski definition) is 10. The normalized spacial score (nSPS) is 20.6. The van der Waals surface area contributed by atoms with Crippen molar-refractivity contribution in [3.63, 3.8) is 0 Å². The number of halogens is 2. The third-order valence-electron chi connectivity index (χ3n) is 8.55. The van der Waals surface area contributed by atoms with Gasteiger partial charge in [0.25, 0.3) is 6.43 Å². The van der Waals surface area contributed by atoms with E-state index in [-0.39, 0.29) is 22.0 Å². The molecule has 1 atom stereocenters. The zero-order valence-corrected chi connectivity index (χ0v) is 24.9. The van der Waals surface area contributed by atoms with Crippen LogP contribution in [0.3, 0.4) is 0 Å². The maximum atomic E-state index is 13.5. The van der Waals surface area contributed by atoms with Gasteiger partial charge in [0.05, 0.1) is 28.3 Å². The number of nitrogens with zero attached hydrogens (tertiary/aromatic N) is 8. The molecule has 2 N–H and O–H groups in total. The average molecular weight is 644 g/mol. The zero-order valence-electron chi connectivity index (χ0n) is 23.2. The van der Waals surface area contributed by atoms with Crippen LogP contribution in [0.15, 0.2) is 29.4 Å². The van der Waals surface area contributed by atoms with E-state index < -0.39 is 33.1 Å². The van der Waals surface area contributed by atoms with Crippen molar-refractivity contribution in [1.82, 2.24) is 39.3 Å². The molecule has 1 saturated carbocycles. The minimum Gasteiger partial charge on any atom is -0.391 e. The lowest BCUT2D eigenvalue weighted by atomic mass is 9.91. The first-order chi connectivity index (χ1) is 21.1. The SMILES string of the molecule is N#CC1(NS(=O)(=O)c2ccc3c4c(C5CCN(C(=O)N6CC[C@@H](O)C6)CC5)ncnc4n(-c4nnc(C(F)F)s4)c3c2)CC1. The van der Waals surface area contributed by atoms with Crippen molar-refractivity contribution >= 4 is 49.3 Å². The second kappa shape index (κ2) is 10.6. The highest BCUT2D eigenvalue weighted by molar-refractivity contribution is 7.89. The maximum Gasteiger partial charge on any atom is 0.320 e. The quantitative estimate of drug-likeness (QED) is 0.321. The molecule has 3 fully saturated rings. The molecule has 13 nitrogen and oxygen atoms in total. The van der Waals surface area contributed by atoms with Crippen LogP contribution in [0.2, 0.25) is 0 Å². The number of likely N-dealkylation sites (tertiary alicyclic amines) is 2. The number of β-amino-alcohol motifs (C(OH)–C–C–N with tert-alkyl or cyclic N) is 1. The predicted octanol–water partition coefficient (Wildman–Crippen LogP) is 3.06. The topological polar surface area (TPSA) is 170 Å².